The van der Waals surface area contributed by atoms with Crippen molar-refractivity contribution in [3.05, 3.63) is 74.4 Å². The molecule has 0 aliphatic carbocycles. The van der Waals surface area contributed by atoms with E-state index in [0.29, 0.717) is 42.6 Å². The van der Waals surface area contributed by atoms with Gasteiger partial charge in [-0.25, -0.2) is 9.37 Å². The molecule has 0 bridgehead atoms. The van der Waals surface area contributed by atoms with Gasteiger partial charge in [-0.05, 0) is 36.4 Å². The van der Waals surface area contributed by atoms with E-state index in [1.165, 1.54) is 12.1 Å². The first-order chi connectivity index (χ1) is 10.9. The molecular weight excluding hydrogens is 379 g/mol. The summed E-state index contributed by atoms with van der Waals surface area (Å²) < 4.78 is 14.0. The summed E-state index contributed by atoms with van der Waals surface area (Å²) in [6, 6.07) is 12.5. The number of aromatic nitrogens is 1. The fraction of sp³-hybridized carbons (Fsp3) is 0. The molecule has 0 atom stereocenters. The van der Waals surface area contributed by atoms with Gasteiger partial charge in [-0.1, -0.05) is 46.4 Å². The monoisotopic (exact) mass is 385 g/mol. The van der Waals surface area contributed by atoms with E-state index in [4.69, 9.17) is 46.4 Å². The van der Waals surface area contributed by atoms with Gasteiger partial charge < -0.3 is 0 Å². The third-order valence-electron chi connectivity index (χ3n) is 3.20. The van der Waals surface area contributed by atoms with Gasteiger partial charge >= 0.3 is 0 Å². The minimum Gasteiger partial charge on any atom is -0.247 e. The molecule has 0 spiro atoms. The summed E-state index contributed by atoms with van der Waals surface area (Å²) in [5, 5.41) is 1.78. The van der Waals surface area contributed by atoms with Crippen LogP contribution in [0.2, 0.25) is 20.1 Å². The highest BCUT2D eigenvalue weighted by molar-refractivity contribution is 6.37. The van der Waals surface area contributed by atoms with E-state index in [9.17, 15) is 4.39 Å². The summed E-state index contributed by atoms with van der Waals surface area (Å²) in [6.07, 6.45) is 0. The van der Waals surface area contributed by atoms with Gasteiger partial charge in [0, 0.05) is 33.3 Å². The molecule has 0 fully saturated rings. The number of rotatable bonds is 2. The van der Waals surface area contributed by atoms with Crippen molar-refractivity contribution in [1.82, 2.24) is 4.98 Å². The van der Waals surface area contributed by atoms with Crippen LogP contribution in [0.3, 0.4) is 0 Å². The molecule has 6 heteroatoms. The first-order valence-electron chi connectivity index (χ1n) is 6.52. The van der Waals surface area contributed by atoms with Crippen molar-refractivity contribution in [2.75, 3.05) is 0 Å². The summed E-state index contributed by atoms with van der Waals surface area (Å²) in [5.41, 5.74) is 1.96. The summed E-state index contributed by atoms with van der Waals surface area (Å²) in [4.78, 5) is 4.46. The smallest absolute Gasteiger partial charge is 0.127 e. The second-order valence-electron chi connectivity index (χ2n) is 4.80. The summed E-state index contributed by atoms with van der Waals surface area (Å²) >= 11 is 24.1. The van der Waals surface area contributed by atoms with Crippen LogP contribution in [-0.2, 0) is 0 Å². The highest BCUT2D eigenvalue weighted by atomic mass is 35.5. The third kappa shape index (κ3) is 3.61. The average Bonchev–Trinajstić information content (AvgIpc) is 2.46. The topological polar surface area (TPSA) is 12.9 Å². The first kappa shape index (κ1) is 16.5. The van der Waals surface area contributed by atoms with Crippen molar-refractivity contribution in [2.24, 2.45) is 0 Å². The van der Waals surface area contributed by atoms with E-state index < -0.39 is 5.82 Å². The molecule has 0 amide bonds. The van der Waals surface area contributed by atoms with Crippen LogP contribution in [0.15, 0.2) is 48.5 Å². The Morgan fingerprint density at radius 2 is 1.09 bits per heavy atom. The van der Waals surface area contributed by atoms with Crippen LogP contribution in [0.4, 0.5) is 4.39 Å². The van der Waals surface area contributed by atoms with Gasteiger partial charge in [-0.15, -0.1) is 0 Å². The maximum Gasteiger partial charge on any atom is 0.127 e. The minimum atomic E-state index is -0.443. The number of benzene rings is 2. The van der Waals surface area contributed by atoms with Gasteiger partial charge in [0.1, 0.15) is 5.82 Å². The van der Waals surface area contributed by atoms with Crippen LogP contribution in [0.1, 0.15) is 0 Å². The van der Waals surface area contributed by atoms with Crippen LogP contribution >= 0.6 is 46.4 Å². The lowest BCUT2D eigenvalue weighted by Gasteiger charge is -2.09. The molecule has 0 saturated heterocycles. The zero-order chi connectivity index (χ0) is 16.6. The van der Waals surface area contributed by atoms with Crippen molar-refractivity contribution in [3.8, 4) is 22.5 Å². The molecule has 0 aliphatic rings. The van der Waals surface area contributed by atoms with Crippen LogP contribution in [0, 0.1) is 5.82 Å². The Hall–Kier alpha value is -1.32. The highest BCUT2D eigenvalue weighted by Crippen LogP contribution is 2.34. The van der Waals surface area contributed by atoms with Gasteiger partial charge in [0.2, 0.25) is 0 Å². The predicted octanol–water partition coefficient (Wildman–Crippen LogP) is 7.17. The number of hydrogen-bond acceptors (Lipinski definition) is 1. The molecule has 1 aromatic heterocycles. The van der Waals surface area contributed by atoms with Gasteiger partial charge in [-0.3, -0.25) is 0 Å². The standard InChI is InChI=1S/C17H8Cl4FN/c18-9-1-3-12(14(20)5-9)16-7-11(22)8-17(23-16)13-4-2-10(19)6-15(13)21/h1-8H. The zero-order valence-corrected chi connectivity index (χ0v) is 14.5. The van der Waals surface area contributed by atoms with E-state index in [-0.39, 0.29) is 0 Å². The molecule has 2 aromatic carbocycles. The maximum atomic E-state index is 14.0. The van der Waals surface area contributed by atoms with E-state index >= 15 is 0 Å². The number of pyridine rings is 1. The zero-order valence-electron chi connectivity index (χ0n) is 11.5. The van der Waals surface area contributed by atoms with Crippen molar-refractivity contribution in [2.45, 2.75) is 0 Å². The number of halogens is 5. The molecule has 116 valence electrons. The molecule has 3 aromatic rings. The van der Waals surface area contributed by atoms with E-state index in [2.05, 4.69) is 4.98 Å². The van der Waals surface area contributed by atoms with Gasteiger partial charge in [0.25, 0.3) is 0 Å². The molecule has 0 N–H and O–H groups in total. The second kappa shape index (κ2) is 6.66. The third-order valence-corrected chi connectivity index (χ3v) is 4.30. The lowest BCUT2D eigenvalue weighted by atomic mass is 10.1. The summed E-state index contributed by atoms with van der Waals surface area (Å²) in [7, 11) is 0. The molecular formula is C17H8Cl4FN. The first-order valence-corrected chi connectivity index (χ1v) is 8.03. The van der Waals surface area contributed by atoms with Crippen LogP contribution in [0.25, 0.3) is 22.5 Å². The molecule has 0 radical (unpaired) electrons. The quantitative estimate of drug-likeness (QED) is 0.454. The minimum absolute atomic E-state index is 0.392. The Morgan fingerprint density at radius 3 is 1.48 bits per heavy atom. The van der Waals surface area contributed by atoms with E-state index in [1.54, 1.807) is 36.4 Å². The van der Waals surface area contributed by atoms with E-state index in [1.807, 2.05) is 0 Å². The number of nitrogens with zero attached hydrogens (tertiary/aromatic N) is 1. The molecule has 0 saturated carbocycles. The average molecular weight is 387 g/mol. The second-order valence-corrected chi connectivity index (χ2v) is 6.49. The molecule has 1 heterocycles. The van der Waals surface area contributed by atoms with Gasteiger partial charge in [0.05, 0.1) is 21.4 Å². The summed E-state index contributed by atoms with van der Waals surface area (Å²) in [5.74, 6) is -0.443. The van der Waals surface area contributed by atoms with Crippen molar-refractivity contribution < 1.29 is 4.39 Å². The van der Waals surface area contributed by atoms with Crippen LogP contribution in [0.5, 0.6) is 0 Å². The fourth-order valence-electron chi connectivity index (χ4n) is 2.17. The lowest BCUT2D eigenvalue weighted by Crippen LogP contribution is -1.92. The van der Waals surface area contributed by atoms with Crippen LogP contribution in [-0.4, -0.2) is 4.98 Å². The Balaban J connectivity index is 2.16. The fourth-order valence-corrected chi connectivity index (χ4v) is 3.18. The normalized spacial score (nSPS) is 10.8. The molecule has 0 aliphatic heterocycles. The van der Waals surface area contributed by atoms with Gasteiger partial charge in [0.15, 0.2) is 0 Å². The van der Waals surface area contributed by atoms with E-state index in [0.717, 1.165) is 0 Å². The van der Waals surface area contributed by atoms with Crippen molar-refractivity contribution in [1.29, 1.82) is 0 Å². The molecule has 23 heavy (non-hydrogen) atoms. The predicted molar refractivity (Wildman–Crippen MR) is 95.1 cm³/mol. The highest BCUT2D eigenvalue weighted by Gasteiger charge is 2.12. The molecule has 0 unspecified atom stereocenters. The number of hydrogen-bond donors (Lipinski definition) is 0. The van der Waals surface area contributed by atoms with Crippen molar-refractivity contribution >= 4 is 46.4 Å². The molecule has 1 nitrogen and oxygen atoms in total. The lowest BCUT2D eigenvalue weighted by molar-refractivity contribution is 0.627. The maximum absolute atomic E-state index is 14.0. The Morgan fingerprint density at radius 1 is 0.652 bits per heavy atom. The SMILES string of the molecule is Fc1cc(-c2ccc(Cl)cc2Cl)nc(-c2ccc(Cl)cc2Cl)c1. The summed E-state index contributed by atoms with van der Waals surface area (Å²) in [6.45, 7) is 0. The Bertz CT molecular complexity index is 826. The largest absolute Gasteiger partial charge is 0.247 e. The van der Waals surface area contributed by atoms with Crippen molar-refractivity contribution in [3.63, 3.8) is 0 Å². The van der Waals surface area contributed by atoms with Gasteiger partial charge in [-0.2, -0.15) is 0 Å². The Kier molecular flexibility index (Phi) is 4.79. The molecule has 3 rings (SSSR count). The Labute approximate surface area is 152 Å². The van der Waals surface area contributed by atoms with Crippen LogP contribution < -0.4 is 0 Å².